The third kappa shape index (κ3) is 5.48. The van der Waals surface area contributed by atoms with Gasteiger partial charge in [-0.2, -0.15) is 0 Å². The van der Waals surface area contributed by atoms with Gasteiger partial charge in [-0.15, -0.1) is 0 Å². The predicted molar refractivity (Wildman–Crippen MR) is 65.9 cm³/mol. The summed E-state index contributed by atoms with van der Waals surface area (Å²) in [7, 11) is 1.62. The molecule has 1 rings (SSSR count). The number of carbonyl (C=O) groups excluding carboxylic acids is 1. The number of amides is 1. The first-order valence-electron chi connectivity index (χ1n) is 6.34. The van der Waals surface area contributed by atoms with E-state index < -0.39 is 0 Å². The maximum Gasteiger partial charge on any atom is 0.234 e. The van der Waals surface area contributed by atoms with Crippen LogP contribution in [0.5, 0.6) is 0 Å². The third-order valence-electron chi connectivity index (χ3n) is 3.13. The van der Waals surface area contributed by atoms with Crippen LogP contribution in [0.2, 0.25) is 0 Å². The van der Waals surface area contributed by atoms with Gasteiger partial charge in [0.2, 0.25) is 5.91 Å². The number of carbonyl (C=O) groups is 1. The summed E-state index contributed by atoms with van der Waals surface area (Å²) in [5, 5.41) is 6.10. The Hall–Kier alpha value is -0.650. The van der Waals surface area contributed by atoms with Crippen molar-refractivity contribution >= 4 is 5.91 Å². The highest BCUT2D eigenvalue weighted by molar-refractivity contribution is 5.77. The van der Waals surface area contributed by atoms with Crippen LogP contribution in [-0.2, 0) is 14.3 Å². The van der Waals surface area contributed by atoms with Gasteiger partial charge in [-0.25, -0.2) is 0 Å². The Balaban J connectivity index is 2.15. The second-order valence-electron chi connectivity index (χ2n) is 4.36. The molecule has 5 nitrogen and oxygen atoms in total. The average molecular weight is 244 g/mol. The van der Waals surface area contributed by atoms with E-state index in [1.165, 1.54) is 0 Å². The van der Waals surface area contributed by atoms with Gasteiger partial charge in [0.25, 0.3) is 0 Å². The minimum Gasteiger partial charge on any atom is -0.383 e. The standard InChI is InChI=1S/C12H24N2O3/c1-3-11(10-4-6-17-9-10)14-8-12(15)13-5-7-16-2/h10-11,14H,3-9H2,1-2H3,(H,13,15). The minimum absolute atomic E-state index is 0.0272. The summed E-state index contributed by atoms with van der Waals surface area (Å²) in [5.41, 5.74) is 0. The molecule has 1 saturated heterocycles. The fourth-order valence-corrected chi connectivity index (χ4v) is 2.09. The van der Waals surface area contributed by atoms with Crippen molar-refractivity contribution in [2.45, 2.75) is 25.8 Å². The molecule has 0 radical (unpaired) electrons. The molecule has 0 spiro atoms. The molecule has 2 atom stereocenters. The molecule has 0 bridgehead atoms. The molecule has 1 heterocycles. The Bertz CT molecular complexity index is 218. The monoisotopic (exact) mass is 244 g/mol. The quantitative estimate of drug-likeness (QED) is 0.597. The van der Waals surface area contributed by atoms with Crippen molar-refractivity contribution in [2.75, 3.05) is 40.0 Å². The third-order valence-corrected chi connectivity index (χ3v) is 3.13. The molecular formula is C12H24N2O3. The largest absolute Gasteiger partial charge is 0.383 e. The Morgan fingerprint density at radius 1 is 1.59 bits per heavy atom. The normalized spacial score (nSPS) is 21.4. The van der Waals surface area contributed by atoms with Crippen LogP contribution >= 0.6 is 0 Å². The first-order chi connectivity index (χ1) is 8.27. The average Bonchev–Trinajstić information content (AvgIpc) is 2.84. The van der Waals surface area contributed by atoms with Crippen LogP contribution in [0, 0.1) is 5.92 Å². The van der Waals surface area contributed by atoms with Gasteiger partial charge in [0, 0.05) is 26.3 Å². The molecule has 1 fully saturated rings. The molecule has 1 amide bonds. The van der Waals surface area contributed by atoms with Gasteiger partial charge >= 0.3 is 0 Å². The lowest BCUT2D eigenvalue weighted by Crippen LogP contribution is -2.43. The highest BCUT2D eigenvalue weighted by Gasteiger charge is 2.24. The lowest BCUT2D eigenvalue weighted by atomic mass is 9.97. The fourth-order valence-electron chi connectivity index (χ4n) is 2.09. The van der Waals surface area contributed by atoms with E-state index in [1.54, 1.807) is 7.11 Å². The molecule has 0 aromatic rings. The van der Waals surface area contributed by atoms with E-state index in [-0.39, 0.29) is 5.91 Å². The maximum atomic E-state index is 11.5. The summed E-state index contributed by atoms with van der Waals surface area (Å²) in [6.45, 7) is 5.30. The molecule has 5 heteroatoms. The number of hydrogen-bond acceptors (Lipinski definition) is 4. The lowest BCUT2D eigenvalue weighted by Gasteiger charge is -2.22. The molecule has 0 saturated carbocycles. The number of rotatable bonds is 8. The van der Waals surface area contributed by atoms with Crippen molar-refractivity contribution in [3.63, 3.8) is 0 Å². The topological polar surface area (TPSA) is 59.6 Å². The maximum absolute atomic E-state index is 11.5. The van der Waals surface area contributed by atoms with Gasteiger partial charge in [-0.05, 0) is 18.8 Å². The molecule has 2 unspecified atom stereocenters. The van der Waals surface area contributed by atoms with Crippen LogP contribution in [0.25, 0.3) is 0 Å². The van der Waals surface area contributed by atoms with Crippen LogP contribution in [0.15, 0.2) is 0 Å². The lowest BCUT2D eigenvalue weighted by molar-refractivity contribution is -0.120. The molecule has 100 valence electrons. The van der Waals surface area contributed by atoms with Crippen molar-refractivity contribution in [3.8, 4) is 0 Å². The highest BCUT2D eigenvalue weighted by atomic mass is 16.5. The summed E-state index contributed by atoms with van der Waals surface area (Å²) in [4.78, 5) is 11.5. The van der Waals surface area contributed by atoms with Crippen molar-refractivity contribution in [1.29, 1.82) is 0 Å². The molecule has 0 aromatic heterocycles. The van der Waals surface area contributed by atoms with Crippen molar-refractivity contribution in [2.24, 2.45) is 5.92 Å². The first-order valence-corrected chi connectivity index (χ1v) is 6.34. The van der Waals surface area contributed by atoms with Gasteiger partial charge < -0.3 is 20.1 Å². The first kappa shape index (κ1) is 14.4. The summed E-state index contributed by atoms with van der Waals surface area (Å²) < 4.78 is 10.2. The SMILES string of the molecule is CCC(NCC(=O)NCCOC)C1CCOC1. The predicted octanol–water partition coefficient (Wildman–Crippen LogP) is 0.154. The van der Waals surface area contributed by atoms with E-state index in [9.17, 15) is 4.79 Å². The smallest absolute Gasteiger partial charge is 0.234 e. The van der Waals surface area contributed by atoms with Crippen molar-refractivity contribution in [3.05, 3.63) is 0 Å². The fraction of sp³-hybridized carbons (Fsp3) is 0.917. The van der Waals surface area contributed by atoms with E-state index in [2.05, 4.69) is 17.6 Å². The van der Waals surface area contributed by atoms with Gasteiger partial charge in [0.05, 0.1) is 19.8 Å². The number of methoxy groups -OCH3 is 1. The van der Waals surface area contributed by atoms with Gasteiger partial charge in [0.15, 0.2) is 0 Å². The Kier molecular flexibility index (Phi) is 7.16. The zero-order chi connectivity index (χ0) is 12.5. The number of nitrogens with one attached hydrogen (secondary N) is 2. The van der Waals surface area contributed by atoms with E-state index in [0.717, 1.165) is 26.1 Å². The van der Waals surface area contributed by atoms with Crippen LogP contribution in [0.4, 0.5) is 0 Å². The van der Waals surface area contributed by atoms with Crippen molar-refractivity contribution < 1.29 is 14.3 Å². The van der Waals surface area contributed by atoms with Crippen molar-refractivity contribution in [1.82, 2.24) is 10.6 Å². The van der Waals surface area contributed by atoms with Gasteiger partial charge in [-0.3, -0.25) is 4.79 Å². The summed E-state index contributed by atoms with van der Waals surface area (Å²) >= 11 is 0. The molecule has 17 heavy (non-hydrogen) atoms. The molecular weight excluding hydrogens is 220 g/mol. The molecule has 2 N–H and O–H groups in total. The number of ether oxygens (including phenoxy) is 2. The Labute approximate surface area is 103 Å². The zero-order valence-electron chi connectivity index (χ0n) is 10.8. The Morgan fingerprint density at radius 2 is 2.41 bits per heavy atom. The van der Waals surface area contributed by atoms with E-state index in [0.29, 0.717) is 31.7 Å². The van der Waals surface area contributed by atoms with E-state index in [4.69, 9.17) is 9.47 Å². The molecule has 1 aliphatic heterocycles. The minimum atomic E-state index is 0.0272. The van der Waals surface area contributed by atoms with Crippen LogP contribution < -0.4 is 10.6 Å². The highest BCUT2D eigenvalue weighted by Crippen LogP contribution is 2.18. The van der Waals surface area contributed by atoms with E-state index in [1.807, 2.05) is 0 Å². The molecule has 1 aliphatic rings. The summed E-state index contributed by atoms with van der Waals surface area (Å²) in [5.74, 6) is 0.575. The van der Waals surface area contributed by atoms with Gasteiger partial charge in [-0.1, -0.05) is 6.92 Å². The van der Waals surface area contributed by atoms with Crippen LogP contribution in [0.1, 0.15) is 19.8 Å². The van der Waals surface area contributed by atoms with Crippen LogP contribution in [0.3, 0.4) is 0 Å². The zero-order valence-corrected chi connectivity index (χ0v) is 10.8. The number of hydrogen-bond donors (Lipinski definition) is 2. The second-order valence-corrected chi connectivity index (χ2v) is 4.36. The summed E-state index contributed by atoms with van der Waals surface area (Å²) in [6, 6.07) is 0.380. The molecule has 0 aromatic carbocycles. The Morgan fingerprint density at radius 3 is 3.00 bits per heavy atom. The summed E-state index contributed by atoms with van der Waals surface area (Å²) in [6.07, 6.45) is 2.12. The molecule has 0 aliphatic carbocycles. The van der Waals surface area contributed by atoms with Gasteiger partial charge in [0.1, 0.15) is 0 Å². The second kappa shape index (κ2) is 8.44. The van der Waals surface area contributed by atoms with Crippen LogP contribution in [-0.4, -0.2) is 52.0 Å². The van der Waals surface area contributed by atoms with E-state index >= 15 is 0 Å².